The van der Waals surface area contributed by atoms with Gasteiger partial charge in [0.15, 0.2) is 0 Å². The van der Waals surface area contributed by atoms with Crippen molar-refractivity contribution in [1.82, 2.24) is 4.90 Å². The van der Waals surface area contributed by atoms with Gasteiger partial charge in [-0.3, -0.25) is 4.79 Å². The molecule has 0 aromatic heterocycles. The fourth-order valence-electron chi connectivity index (χ4n) is 2.47. The fraction of sp³-hybridized carbons (Fsp3) is 0.923. The van der Waals surface area contributed by atoms with Crippen LogP contribution in [0.2, 0.25) is 0 Å². The van der Waals surface area contributed by atoms with E-state index in [-0.39, 0.29) is 18.4 Å². The Morgan fingerprint density at radius 2 is 2.00 bits per heavy atom. The number of aliphatic hydroxyl groups is 1. The lowest BCUT2D eigenvalue weighted by atomic mass is 9.78. The van der Waals surface area contributed by atoms with Gasteiger partial charge in [-0.15, -0.1) is 0 Å². The van der Waals surface area contributed by atoms with Crippen molar-refractivity contribution in [2.24, 2.45) is 17.6 Å². The minimum Gasteiger partial charge on any atom is -0.394 e. The monoisotopic (exact) mass is 242 g/mol. The van der Waals surface area contributed by atoms with Crippen LogP contribution in [0.4, 0.5) is 0 Å². The summed E-state index contributed by atoms with van der Waals surface area (Å²) in [5.41, 5.74) is 5.26. The third kappa shape index (κ3) is 3.19. The average molecular weight is 242 g/mol. The van der Waals surface area contributed by atoms with Crippen LogP contribution in [0.5, 0.6) is 0 Å². The first-order chi connectivity index (χ1) is 7.94. The van der Waals surface area contributed by atoms with Gasteiger partial charge in [0.1, 0.15) is 0 Å². The molecule has 1 aliphatic carbocycles. The van der Waals surface area contributed by atoms with Crippen LogP contribution in [-0.4, -0.2) is 41.7 Å². The molecule has 0 saturated heterocycles. The van der Waals surface area contributed by atoms with Crippen LogP contribution in [0.3, 0.4) is 0 Å². The van der Waals surface area contributed by atoms with E-state index < -0.39 is 5.54 Å². The lowest BCUT2D eigenvalue weighted by Gasteiger charge is -2.39. The van der Waals surface area contributed by atoms with E-state index in [4.69, 9.17) is 5.73 Å². The summed E-state index contributed by atoms with van der Waals surface area (Å²) in [7, 11) is 1.78. The summed E-state index contributed by atoms with van der Waals surface area (Å²) in [6.45, 7) is 4.33. The minimum atomic E-state index is -0.492. The first-order valence-corrected chi connectivity index (χ1v) is 6.52. The zero-order valence-corrected chi connectivity index (χ0v) is 11.3. The number of aliphatic hydroxyl groups excluding tert-OH is 1. The number of hydrogen-bond acceptors (Lipinski definition) is 3. The van der Waals surface area contributed by atoms with E-state index in [1.165, 1.54) is 6.42 Å². The zero-order valence-electron chi connectivity index (χ0n) is 11.3. The van der Waals surface area contributed by atoms with E-state index in [1.54, 1.807) is 11.9 Å². The molecule has 0 aromatic rings. The third-order valence-corrected chi connectivity index (χ3v) is 4.15. The molecule has 1 amide bonds. The second-order valence-corrected chi connectivity index (χ2v) is 5.75. The first kappa shape index (κ1) is 14.5. The predicted molar refractivity (Wildman–Crippen MR) is 68.4 cm³/mol. The summed E-state index contributed by atoms with van der Waals surface area (Å²) in [4.78, 5) is 14.1. The van der Waals surface area contributed by atoms with Crippen molar-refractivity contribution in [1.29, 1.82) is 0 Å². The number of amides is 1. The van der Waals surface area contributed by atoms with E-state index in [0.717, 1.165) is 19.3 Å². The van der Waals surface area contributed by atoms with Gasteiger partial charge in [0.25, 0.3) is 0 Å². The third-order valence-electron chi connectivity index (χ3n) is 4.15. The van der Waals surface area contributed by atoms with Gasteiger partial charge in [0.2, 0.25) is 5.91 Å². The molecule has 1 fully saturated rings. The molecule has 0 aromatic carbocycles. The molecule has 2 atom stereocenters. The van der Waals surface area contributed by atoms with Gasteiger partial charge in [0, 0.05) is 13.0 Å². The molecule has 3 N–H and O–H groups in total. The summed E-state index contributed by atoms with van der Waals surface area (Å²) in [6, 6.07) is 0. The van der Waals surface area contributed by atoms with Crippen molar-refractivity contribution in [2.45, 2.75) is 45.1 Å². The van der Waals surface area contributed by atoms with Crippen molar-refractivity contribution in [3.05, 3.63) is 0 Å². The molecular weight excluding hydrogens is 216 g/mol. The molecule has 17 heavy (non-hydrogen) atoms. The van der Waals surface area contributed by atoms with Crippen LogP contribution in [0.1, 0.15) is 39.5 Å². The van der Waals surface area contributed by atoms with Gasteiger partial charge in [-0.05, 0) is 39.2 Å². The maximum absolute atomic E-state index is 12.4. The van der Waals surface area contributed by atoms with E-state index >= 15 is 0 Å². The van der Waals surface area contributed by atoms with E-state index in [1.807, 2.05) is 13.8 Å². The van der Waals surface area contributed by atoms with Crippen molar-refractivity contribution < 1.29 is 9.90 Å². The highest BCUT2D eigenvalue weighted by atomic mass is 16.3. The molecular formula is C13H26N2O2. The lowest BCUT2D eigenvalue weighted by Crippen LogP contribution is -2.51. The van der Waals surface area contributed by atoms with Gasteiger partial charge in [-0.2, -0.15) is 0 Å². The number of nitrogens with two attached hydrogens (primary N) is 1. The quantitative estimate of drug-likeness (QED) is 0.772. The fourth-order valence-corrected chi connectivity index (χ4v) is 2.47. The van der Waals surface area contributed by atoms with Gasteiger partial charge in [-0.1, -0.05) is 12.8 Å². The molecule has 0 spiro atoms. The van der Waals surface area contributed by atoms with E-state index in [2.05, 4.69) is 0 Å². The molecule has 2 unspecified atom stereocenters. The number of hydrogen-bond donors (Lipinski definition) is 2. The Balaban J connectivity index is 2.73. The topological polar surface area (TPSA) is 66.6 Å². The molecule has 1 aliphatic rings. The van der Waals surface area contributed by atoms with Crippen molar-refractivity contribution in [2.75, 3.05) is 20.2 Å². The van der Waals surface area contributed by atoms with Crippen LogP contribution in [-0.2, 0) is 4.79 Å². The SMILES string of the molecule is CN(C(=O)C1CCCCC1CN)C(C)(C)CO. The minimum absolute atomic E-state index is 0.0186. The van der Waals surface area contributed by atoms with Gasteiger partial charge in [0.05, 0.1) is 12.1 Å². The second kappa shape index (κ2) is 5.83. The number of rotatable bonds is 4. The number of carbonyl (C=O) groups is 1. The molecule has 0 aliphatic heterocycles. The Kier molecular flexibility index (Phi) is 4.95. The Labute approximate surface area is 104 Å². The van der Waals surface area contributed by atoms with Crippen LogP contribution in [0, 0.1) is 11.8 Å². The smallest absolute Gasteiger partial charge is 0.226 e. The number of likely N-dealkylation sites (N-methyl/N-ethyl adjacent to an activating group) is 1. The van der Waals surface area contributed by atoms with Crippen LogP contribution < -0.4 is 5.73 Å². The summed E-state index contributed by atoms with van der Waals surface area (Å²) < 4.78 is 0. The highest BCUT2D eigenvalue weighted by Gasteiger charge is 2.36. The molecule has 0 radical (unpaired) electrons. The molecule has 1 rings (SSSR count). The van der Waals surface area contributed by atoms with E-state index in [0.29, 0.717) is 12.5 Å². The molecule has 1 saturated carbocycles. The van der Waals surface area contributed by atoms with Gasteiger partial charge in [-0.25, -0.2) is 0 Å². The standard InChI is InChI=1S/C13H26N2O2/c1-13(2,9-16)15(3)12(17)11-7-5-4-6-10(11)8-14/h10-11,16H,4-9,14H2,1-3H3. The van der Waals surface area contributed by atoms with Gasteiger partial charge >= 0.3 is 0 Å². The molecule has 0 heterocycles. The first-order valence-electron chi connectivity index (χ1n) is 6.52. The summed E-state index contributed by atoms with van der Waals surface area (Å²) in [6.07, 6.45) is 4.28. The lowest BCUT2D eigenvalue weighted by molar-refractivity contribution is -0.143. The van der Waals surface area contributed by atoms with Crippen LogP contribution in [0.15, 0.2) is 0 Å². The normalized spacial score (nSPS) is 25.7. The van der Waals surface area contributed by atoms with Crippen molar-refractivity contribution >= 4 is 5.91 Å². The highest BCUT2D eigenvalue weighted by molar-refractivity contribution is 5.79. The Morgan fingerprint density at radius 3 is 2.53 bits per heavy atom. The van der Waals surface area contributed by atoms with Crippen LogP contribution >= 0.6 is 0 Å². The van der Waals surface area contributed by atoms with E-state index in [9.17, 15) is 9.90 Å². The summed E-state index contributed by atoms with van der Waals surface area (Å²) >= 11 is 0. The number of nitrogens with zero attached hydrogens (tertiary/aromatic N) is 1. The summed E-state index contributed by atoms with van der Waals surface area (Å²) in [5, 5.41) is 9.32. The van der Waals surface area contributed by atoms with Crippen LogP contribution in [0.25, 0.3) is 0 Å². The largest absolute Gasteiger partial charge is 0.394 e. The zero-order chi connectivity index (χ0) is 13.1. The molecule has 100 valence electrons. The average Bonchev–Trinajstić information content (AvgIpc) is 2.36. The van der Waals surface area contributed by atoms with Crippen molar-refractivity contribution in [3.63, 3.8) is 0 Å². The summed E-state index contributed by atoms with van der Waals surface area (Å²) in [5.74, 6) is 0.497. The Morgan fingerprint density at radius 1 is 1.41 bits per heavy atom. The number of carbonyl (C=O) groups excluding carboxylic acids is 1. The Bertz CT molecular complexity index is 266. The highest BCUT2D eigenvalue weighted by Crippen LogP contribution is 2.31. The molecule has 4 nitrogen and oxygen atoms in total. The molecule has 0 bridgehead atoms. The maximum Gasteiger partial charge on any atom is 0.226 e. The van der Waals surface area contributed by atoms with Crippen molar-refractivity contribution in [3.8, 4) is 0 Å². The predicted octanol–water partition coefficient (Wildman–Crippen LogP) is 0.981. The Hall–Kier alpha value is -0.610. The second-order valence-electron chi connectivity index (χ2n) is 5.75. The molecule has 4 heteroatoms. The maximum atomic E-state index is 12.4. The van der Waals surface area contributed by atoms with Gasteiger partial charge < -0.3 is 15.7 Å².